The number of fused-ring (bicyclic) bond motifs is 1. The van der Waals surface area contributed by atoms with E-state index in [-0.39, 0.29) is 11.6 Å². The topological polar surface area (TPSA) is 127 Å². The Morgan fingerprint density at radius 2 is 1.91 bits per heavy atom. The van der Waals surface area contributed by atoms with Crippen molar-refractivity contribution in [2.45, 2.75) is 59.9 Å². The summed E-state index contributed by atoms with van der Waals surface area (Å²) in [5.41, 5.74) is 15.0. The third-order valence-corrected chi connectivity index (χ3v) is 5.08. The van der Waals surface area contributed by atoms with Gasteiger partial charge in [-0.1, -0.05) is 39.2 Å². The zero-order valence-corrected chi connectivity index (χ0v) is 19.7. The lowest BCUT2D eigenvalue weighted by molar-refractivity contribution is 0.654. The monoisotopic (exact) mass is 439 g/mol. The molecule has 0 aliphatic rings. The molecule has 0 saturated heterocycles. The predicted octanol–water partition coefficient (Wildman–Crippen LogP) is 3.28. The quantitative estimate of drug-likeness (QED) is 0.231. The number of aromatic nitrogens is 3. The largest absolute Gasteiger partial charge is 0.370 e. The molecule has 1 aromatic carbocycles. The molecule has 0 saturated carbocycles. The van der Waals surface area contributed by atoms with Crippen LogP contribution in [0.2, 0.25) is 0 Å². The Balaban J connectivity index is 0.000000654. The van der Waals surface area contributed by atoms with Gasteiger partial charge in [0.1, 0.15) is 5.65 Å². The molecule has 32 heavy (non-hydrogen) atoms. The van der Waals surface area contributed by atoms with E-state index in [9.17, 15) is 4.79 Å². The number of nitrogens with zero attached hydrogens (tertiary/aromatic N) is 3. The van der Waals surface area contributed by atoms with Crippen LogP contribution in [0, 0.1) is 13.8 Å². The first-order valence-corrected chi connectivity index (χ1v) is 11.3. The molecule has 8 nitrogen and oxygen atoms in total. The molecule has 0 bridgehead atoms. The second-order valence-electron chi connectivity index (χ2n) is 7.95. The first kappa shape index (κ1) is 25.1. The van der Waals surface area contributed by atoms with Crippen molar-refractivity contribution < 1.29 is 0 Å². The SMILES string of the molecule is CCCCC.Cc1cc2cn(-c3ccc(CNCCCN=C(N)N)c(C)c3)c(=O)nc2[nH]1. The fraction of sp³-hybridized carbons (Fsp3) is 0.458. The molecular formula is C24H37N7O. The van der Waals surface area contributed by atoms with Gasteiger partial charge in [0.2, 0.25) is 0 Å². The van der Waals surface area contributed by atoms with Crippen molar-refractivity contribution in [2.24, 2.45) is 16.5 Å². The number of aliphatic imine (C=N–C) groups is 1. The van der Waals surface area contributed by atoms with Crippen molar-refractivity contribution in [1.29, 1.82) is 0 Å². The van der Waals surface area contributed by atoms with Gasteiger partial charge in [-0.05, 0) is 56.1 Å². The van der Waals surface area contributed by atoms with Gasteiger partial charge in [0, 0.05) is 30.4 Å². The van der Waals surface area contributed by atoms with Crippen molar-refractivity contribution in [3.63, 3.8) is 0 Å². The van der Waals surface area contributed by atoms with Crippen LogP contribution in [0.4, 0.5) is 0 Å². The van der Waals surface area contributed by atoms with Gasteiger partial charge in [0.25, 0.3) is 0 Å². The van der Waals surface area contributed by atoms with E-state index in [0.29, 0.717) is 12.2 Å². The number of H-pyrrole nitrogens is 1. The summed E-state index contributed by atoms with van der Waals surface area (Å²) >= 11 is 0. The van der Waals surface area contributed by atoms with Gasteiger partial charge >= 0.3 is 5.69 Å². The molecule has 0 radical (unpaired) electrons. The van der Waals surface area contributed by atoms with Gasteiger partial charge in [0.05, 0.1) is 5.69 Å². The van der Waals surface area contributed by atoms with Gasteiger partial charge < -0.3 is 21.8 Å². The highest BCUT2D eigenvalue weighted by molar-refractivity contribution is 5.76. The summed E-state index contributed by atoms with van der Waals surface area (Å²) in [4.78, 5) is 23.5. The van der Waals surface area contributed by atoms with E-state index < -0.39 is 0 Å². The smallest absolute Gasteiger partial charge is 0.354 e. The molecule has 0 fully saturated rings. The van der Waals surface area contributed by atoms with Crippen LogP contribution in [0.1, 0.15) is 56.4 Å². The standard InChI is InChI=1S/C19H25N7O.C5H12/c1-12-8-16(5-4-14(12)10-22-6-3-7-23-18(20)21)26-11-15-9-13(2)24-17(15)25-19(26)27;1-3-5-4-2/h4-5,8-9,11,22H,3,6-7,10H2,1-2H3,(H4,20,21,23)(H,24,25,27);3-5H2,1-2H3. The molecule has 0 atom stereocenters. The fourth-order valence-corrected chi connectivity index (χ4v) is 3.33. The number of aromatic amines is 1. The molecule has 0 unspecified atom stereocenters. The van der Waals surface area contributed by atoms with Crippen LogP contribution in [0.15, 0.2) is 40.2 Å². The summed E-state index contributed by atoms with van der Waals surface area (Å²) in [5.74, 6) is 0.124. The van der Waals surface area contributed by atoms with Crippen molar-refractivity contribution >= 4 is 17.0 Å². The van der Waals surface area contributed by atoms with Crippen LogP contribution >= 0.6 is 0 Å². The number of hydrogen-bond acceptors (Lipinski definition) is 4. The molecule has 0 amide bonds. The Morgan fingerprint density at radius 3 is 2.53 bits per heavy atom. The number of nitrogens with two attached hydrogens (primary N) is 2. The van der Waals surface area contributed by atoms with Gasteiger partial charge in [0.15, 0.2) is 5.96 Å². The van der Waals surface area contributed by atoms with E-state index >= 15 is 0 Å². The summed E-state index contributed by atoms with van der Waals surface area (Å²) in [6, 6.07) is 7.96. The predicted molar refractivity (Wildman–Crippen MR) is 133 cm³/mol. The number of guanidine groups is 1. The summed E-state index contributed by atoms with van der Waals surface area (Å²) in [6.07, 6.45) is 6.77. The molecule has 2 heterocycles. The zero-order valence-electron chi connectivity index (χ0n) is 19.7. The summed E-state index contributed by atoms with van der Waals surface area (Å²) < 4.78 is 1.58. The van der Waals surface area contributed by atoms with Crippen LogP contribution in [0.3, 0.4) is 0 Å². The summed E-state index contributed by atoms with van der Waals surface area (Å²) in [5, 5.41) is 4.29. The van der Waals surface area contributed by atoms with Crippen molar-refractivity contribution in [2.75, 3.05) is 13.1 Å². The number of nitrogens with one attached hydrogen (secondary N) is 2. The summed E-state index contributed by atoms with van der Waals surface area (Å²) in [6.45, 7) is 10.6. The number of unbranched alkanes of at least 4 members (excludes halogenated alkanes) is 2. The lowest BCUT2D eigenvalue weighted by Crippen LogP contribution is -2.23. The number of benzene rings is 1. The minimum atomic E-state index is -0.297. The number of aryl methyl sites for hydroxylation is 2. The first-order valence-electron chi connectivity index (χ1n) is 11.3. The maximum Gasteiger partial charge on any atom is 0.354 e. The molecule has 6 N–H and O–H groups in total. The van der Waals surface area contributed by atoms with E-state index in [1.165, 1.54) is 24.8 Å². The Kier molecular flexibility index (Phi) is 9.94. The van der Waals surface area contributed by atoms with Crippen molar-refractivity contribution in [3.05, 3.63) is 57.8 Å². The first-order chi connectivity index (χ1) is 15.3. The van der Waals surface area contributed by atoms with E-state index in [4.69, 9.17) is 11.5 Å². The molecule has 0 spiro atoms. The normalized spacial score (nSPS) is 10.6. The maximum absolute atomic E-state index is 12.4. The second-order valence-corrected chi connectivity index (χ2v) is 7.95. The minimum Gasteiger partial charge on any atom is -0.370 e. The summed E-state index contributed by atoms with van der Waals surface area (Å²) in [7, 11) is 0. The number of hydrogen-bond donors (Lipinski definition) is 4. The molecule has 3 rings (SSSR count). The zero-order chi connectivity index (χ0) is 23.5. The molecular weight excluding hydrogens is 402 g/mol. The van der Waals surface area contributed by atoms with Crippen LogP contribution < -0.4 is 22.5 Å². The Hall–Kier alpha value is -3.13. The van der Waals surface area contributed by atoms with E-state index in [1.807, 2.05) is 44.3 Å². The van der Waals surface area contributed by atoms with E-state index in [0.717, 1.165) is 41.8 Å². The minimum absolute atomic E-state index is 0.124. The lowest BCUT2D eigenvalue weighted by atomic mass is 10.1. The Bertz CT molecular complexity index is 1080. The Labute approximate surface area is 190 Å². The maximum atomic E-state index is 12.4. The lowest BCUT2D eigenvalue weighted by Gasteiger charge is -2.11. The van der Waals surface area contributed by atoms with Crippen molar-refractivity contribution in [3.8, 4) is 5.69 Å². The van der Waals surface area contributed by atoms with Gasteiger partial charge in [-0.3, -0.25) is 9.56 Å². The van der Waals surface area contributed by atoms with Crippen LogP contribution in [0.25, 0.3) is 16.7 Å². The molecule has 3 aromatic rings. The molecule has 174 valence electrons. The van der Waals surface area contributed by atoms with Crippen LogP contribution in [-0.4, -0.2) is 33.6 Å². The van der Waals surface area contributed by atoms with Crippen LogP contribution in [-0.2, 0) is 6.54 Å². The van der Waals surface area contributed by atoms with E-state index in [2.05, 4.69) is 34.1 Å². The molecule has 8 heteroatoms. The average molecular weight is 440 g/mol. The highest BCUT2D eigenvalue weighted by Crippen LogP contribution is 2.16. The second kappa shape index (κ2) is 12.7. The molecule has 0 aliphatic heterocycles. The van der Waals surface area contributed by atoms with Gasteiger partial charge in [-0.15, -0.1) is 0 Å². The van der Waals surface area contributed by atoms with Gasteiger partial charge in [-0.2, -0.15) is 4.98 Å². The highest BCUT2D eigenvalue weighted by Gasteiger charge is 2.08. The van der Waals surface area contributed by atoms with Crippen LogP contribution in [0.5, 0.6) is 0 Å². The average Bonchev–Trinajstić information content (AvgIpc) is 3.10. The van der Waals surface area contributed by atoms with Gasteiger partial charge in [-0.25, -0.2) is 4.79 Å². The number of rotatable bonds is 9. The third-order valence-electron chi connectivity index (χ3n) is 5.08. The van der Waals surface area contributed by atoms with E-state index in [1.54, 1.807) is 4.57 Å². The highest BCUT2D eigenvalue weighted by atomic mass is 16.1. The fourth-order valence-electron chi connectivity index (χ4n) is 3.33. The molecule has 0 aliphatic carbocycles. The van der Waals surface area contributed by atoms with Crippen molar-refractivity contribution in [1.82, 2.24) is 19.9 Å². The third kappa shape index (κ3) is 7.53. The Morgan fingerprint density at radius 1 is 1.16 bits per heavy atom. The molecule has 2 aromatic heterocycles.